The van der Waals surface area contributed by atoms with Crippen LogP contribution in [0, 0.1) is 5.92 Å². The summed E-state index contributed by atoms with van der Waals surface area (Å²) < 4.78 is 0. The first-order chi connectivity index (χ1) is 8.70. The van der Waals surface area contributed by atoms with Crippen molar-refractivity contribution < 1.29 is 0 Å². The van der Waals surface area contributed by atoms with Crippen molar-refractivity contribution in [3.63, 3.8) is 0 Å². The lowest BCUT2D eigenvalue weighted by atomic mass is 9.84. The Morgan fingerprint density at radius 1 is 1.33 bits per heavy atom. The molecule has 0 fully saturated rings. The molecule has 18 heavy (non-hydrogen) atoms. The van der Waals surface area contributed by atoms with Crippen LogP contribution < -0.4 is 5.73 Å². The summed E-state index contributed by atoms with van der Waals surface area (Å²) in [4.78, 5) is 0. The van der Waals surface area contributed by atoms with Crippen molar-refractivity contribution in [3.05, 3.63) is 52.6 Å². The first-order valence-corrected chi connectivity index (χ1v) is 6.87. The van der Waals surface area contributed by atoms with Gasteiger partial charge in [0.2, 0.25) is 0 Å². The lowest BCUT2D eigenvalue weighted by molar-refractivity contribution is 0.546. The summed E-state index contributed by atoms with van der Waals surface area (Å²) in [7, 11) is 0. The zero-order valence-corrected chi connectivity index (χ0v) is 11.4. The first kappa shape index (κ1) is 13.1. The number of allylic oxidation sites excluding steroid dienone is 3. The van der Waals surface area contributed by atoms with Gasteiger partial charge in [0.05, 0.1) is 0 Å². The Balaban J connectivity index is 2.19. The lowest BCUT2D eigenvalue weighted by Gasteiger charge is -2.22. The van der Waals surface area contributed by atoms with Gasteiger partial charge in [-0.3, -0.25) is 0 Å². The van der Waals surface area contributed by atoms with Gasteiger partial charge in [-0.2, -0.15) is 0 Å². The minimum Gasteiger partial charge on any atom is -0.326 e. The largest absolute Gasteiger partial charge is 0.326 e. The summed E-state index contributed by atoms with van der Waals surface area (Å²) in [5.74, 6) is 0.702. The maximum Gasteiger partial charge on any atom is 0.0178 e. The van der Waals surface area contributed by atoms with Gasteiger partial charge in [0, 0.05) is 6.54 Å². The first-order valence-electron chi connectivity index (χ1n) is 6.87. The maximum atomic E-state index is 5.67. The molecule has 1 heteroatoms. The second kappa shape index (κ2) is 6.01. The lowest BCUT2D eigenvalue weighted by Crippen LogP contribution is -2.06. The van der Waals surface area contributed by atoms with Crippen molar-refractivity contribution in [2.75, 3.05) is 0 Å². The molecule has 0 bridgehead atoms. The quantitative estimate of drug-likeness (QED) is 0.839. The predicted octanol–water partition coefficient (Wildman–Crippen LogP) is 4.30. The monoisotopic (exact) mass is 241 g/mol. The molecule has 2 rings (SSSR count). The van der Waals surface area contributed by atoms with E-state index in [2.05, 4.69) is 50.3 Å². The Kier molecular flexibility index (Phi) is 4.38. The number of benzene rings is 1. The van der Waals surface area contributed by atoms with E-state index in [4.69, 9.17) is 5.73 Å². The molecule has 0 heterocycles. The topological polar surface area (TPSA) is 26.0 Å². The van der Waals surface area contributed by atoms with Gasteiger partial charge in [0.25, 0.3) is 0 Å². The van der Waals surface area contributed by atoms with Crippen molar-refractivity contribution in [3.8, 4) is 0 Å². The summed E-state index contributed by atoms with van der Waals surface area (Å²) >= 11 is 0. The molecule has 1 atom stereocenters. The number of hydrogen-bond acceptors (Lipinski definition) is 1. The van der Waals surface area contributed by atoms with Crippen molar-refractivity contribution in [1.29, 1.82) is 0 Å². The average Bonchev–Trinajstić information content (AvgIpc) is 2.38. The molecule has 1 nitrogen and oxygen atoms in total. The van der Waals surface area contributed by atoms with Gasteiger partial charge in [-0.15, -0.1) is 0 Å². The van der Waals surface area contributed by atoms with Crippen LogP contribution in [-0.2, 0) is 6.54 Å². The highest BCUT2D eigenvalue weighted by molar-refractivity contribution is 5.54. The molecule has 96 valence electrons. The fourth-order valence-electron chi connectivity index (χ4n) is 2.71. The van der Waals surface area contributed by atoms with E-state index in [9.17, 15) is 0 Å². The minimum absolute atomic E-state index is 0.611. The van der Waals surface area contributed by atoms with E-state index in [1.807, 2.05) is 0 Å². The predicted molar refractivity (Wildman–Crippen MR) is 79.1 cm³/mol. The Bertz CT molecular complexity index is 468. The fourth-order valence-corrected chi connectivity index (χ4v) is 2.71. The van der Waals surface area contributed by atoms with Crippen LogP contribution in [0.5, 0.6) is 0 Å². The van der Waals surface area contributed by atoms with Gasteiger partial charge in [0.1, 0.15) is 0 Å². The number of hydrogen-bond donors (Lipinski definition) is 1. The van der Waals surface area contributed by atoms with Crippen LogP contribution in [0.2, 0.25) is 0 Å². The highest BCUT2D eigenvalue weighted by Crippen LogP contribution is 2.30. The van der Waals surface area contributed by atoms with Crippen LogP contribution in [0.3, 0.4) is 0 Å². The van der Waals surface area contributed by atoms with E-state index >= 15 is 0 Å². The maximum absolute atomic E-state index is 5.67. The molecule has 0 amide bonds. The Hall–Kier alpha value is -1.34. The average molecular weight is 241 g/mol. The van der Waals surface area contributed by atoms with Gasteiger partial charge in [-0.05, 0) is 48.8 Å². The van der Waals surface area contributed by atoms with Crippen LogP contribution in [0.15, 0.2) is 41.5 Å². The molecule has 1 aromatic rings. The minimum atomic E-state index is 0.611. The van der Waals surface area contributed by atoms with Crippen molar-refractivity contribution in [1.82, 2.24) is 0 Å². The van der Waals surface area contributed by atoms with Crippen LogP contribution in [0.25, 0.3) is 6.08 Å². The fraction of sp³-hybridized carbons (Fsp3) is 0.412. The number of rotatable bonds is 3. The molecule has 1 aliphatic rings. The Morgan fingerprint density at radius 3 is 2.89 bits per heavy atom. The summed E-state index contributed by atoms with van der Waals surface area (Å²) in [5.41, 5.74) is 11.2. The summed E-state index contributed by atoms with van der Waals surface area (Å²) in [5, 5.41) is 0. The third kappa shape index (κ3) is 3.11. The van der Waals surface area contributed by atoms with Crippen LogP contribution in [0.1, 0.15) is 44.2 Å². The molecule has 0 aromatic heterocycles. The standard InChI is InChI=1S/C17H23N/c1-13-5-3-6-14(2)17(13)10-9-15-7-4-8-16(11-15)12-18/h4,7-11,13H,3,5-6,12,18H2,1-2H3/b10-9+. The molecule has 0 aliphatic heterocycles. The molecule has 2 N–H and O–H groups in total. The van der Waals surface area contributed by atoms with E-state index in [0.29, 0.717) is 12.5 Å². The van der Waals surface area contributed by atoms with E-state index in [1.54, 1.807) is 5.57 Å². The number of nitrogens with two attached hydrogens (primary N) is 1. The summed E-state index contributed by atoms with van der Waals surface area (Å²) in [6.45, 7) is 5.21. The highest BCUT2D eigenvalue weighted by Gasteiger charge is 2.14. The molecule has 0 radical (unpaired) electrons. The van der Waals surface area contributed by atoms with Gasteiger partial charge in [-0.1, -0.05) is 48.9 Å². The third-order valence-electron chi connectivity index (χ3n) is 3.85. The van der Waals surface area contributed by atoms with Crippen LogP contribution >= 0.6 is 0 Å². The van der Waals surface area contributed by atoms with Crippen molar-refractivity contribution in [2.24, 2.45) is 11.7 Å². The molecule has 1 aliphatic carbocycles. The molecule has 1 aromatic carbocycles. The molecule has 0 saturated carbocycles. The van der Waals surface area contributed by atoms with E-state index in [-0.39, 0.29) is 0 Å². The van der Waals surface area contributed by atoms with E-state index < -0.39 is 0 Å². The Morgan fingerprint density at radius 2 is 2.17 bits per heavy atom. The molecular formula is C17H23N. The highest BCUT2D eigenvalue weighted by atomic mass is 14.5. The zero-order chi connectivity index (χ0) is 13.0. The molecule has 1 unspecified atom stereocenters. The zero-order valence-electron chi connectivity index (χ0n) is 11.4. The van der Waals surface area contributed by atoms with Gasteiger partial charge >= 0.3 is 0 Å². The van der Waals surface area contributed by atoms with Gasteiger partial charge in [-0.25, -0.2) is 0 Å². The van der Waals surface area contributed by atoms with E-state index in [0.717, 1.165) is 0 Å². The molecule has 0 saturated heterocycles. The summed E-state index contributed by atoms with van der Waals surface area (Å²) in [6, 6.07) is 8.46. The second-order valence-electron chi connectivity index (χ2n) is 5.31. The van der Waals surface area contributed by atoms with Crippen LogP contribution in [-0.4, -0.2) is 0 Å². The van der Waals surface area contributed by atoms with Crippen molar-refractivity contribution >= 4 is 6.08 Å². The van der Waals surface area contributed by atoms with Gasteiger partial charge in [0.15, 0.2) is 0 Å². The van der Waals surface area contributed by atoms with Crippen molar-refractivity contribution in [2.45, 2.75) is 39.7 Å². The van der Waals surface area contributed by atoms with Crippen LogP contribution in [0.4, 0.5) is 0 Å². The third-order valence-corrected chi connectivity index (χ3v) is 3.85. The molecular weight excluding hydrogens is 218 g/mol. The Labute approximate surface area is 110 Å². The van der Waals surface area contributed by atoms with E-state index in [1.165, 1.54) is 36.0 Å². The second-order valence-corrected chi connectivity index (χ2v) is 5.31. The smallest absolute Gasteiger partial charge is 0.0178 e. The summed E-state index contributed by atoms with van der Waals surface area (Å²) in [6.07, 6.45) is 8.44. The normalized spacial score (nSPS) is 20.7. The molecule has 0 spiro atoms. The van der Waals surface area contributed by atoms with Gasteiger partial charge < -0.3 is 5.73 Å². The SMILES string of the molecule is CC1=C(/C=C/c2cccc(CN)c2)C(C)CCC1.